The summed E-state index contributed by atoms with van der Waals surface area (Å²) in [5, 5.41) is 8.14. The minimum atomic E-state index is -0.287. The van der Waals surface area contributed by atoms with E-state index in [9.17, 15) is 9.59 Å². The van der Waals surface area contributed by atoms with Crippen molar-refractivity contribution in [2.24, 2.45) is 0 Å². The van der Waals surface area contributed by atoms with Crippen molar-refractivity contribution < 1.29 is 4.74 Å². The molecule has 1 saturated carbocycles. The Bertz CT molecular complexity index is 1440. The molecule has 1 aliphatic heterocycles. The van der Waals surface area contributed by atoms with Crippen LogP contribution in [0.5, 0.6) is 0 Å². The Balaban J connectivity index is 1.41. The second-order valence-electron chi connectivity index (χ2n) is 9.11. The lowest BCUT2D eigenvalue weighted by Crippen LogP contribution is -2.26. The highest BCUT2D eigenvalue weighted by molar-refractivity contribution is 5.91. The van der Waals surface area contributed by atoms with Gasteiger partial charge in [0.25, 0.3) is 17.1 Å². The summed E-state index contributed by atoms with van der Waals surface area (Å²) in [4.78, 5) is 35.7. The Morgan fingerprint density at radius 1 is 0.939 bits per heavy atom. The molecule has 0 amide bonds. The number of aromatic nitrogens is 6. The molecule has 9 heteroatoms. The lowest BCUT2D eigenvalue weighted by molar-refractivity contribution is 0.0963. The maximum absolute atomic E-state index is 13.3. The number of ether oxygens (including phenoxy) is 1. The third kappa shape index (κ3) is 3.66. The molecule has 1 atom stereocenters. The van der Waals surface area contributed by atoms with Gasteiger partial charge >= 0.3 is 0 Å². The number of fused-ring (bicyclic) bond motifs is 2. The average Bonchev–Trinajstić information content (AvgIpc) is 3.54. The predicted molar refractivity (Wildman–Crippen MR) is 124 cm³/mol. The number of rotatable bonds is 4. The van der Waals surface area contributed by atoms with Crippen LogP contribution in [-0.4, -0.2) is 42.0 Å². The quantitative estimate of drug-likeness (QED) is 0.483. The van der Waals surface area contributed by atoms with Gasteiger partial charge in [0, 0.05) is 24.9 Å². The zero-order valence-corrected chi connectivity index (χ0v) is 18.4. The molecular formula is C24H26N6O3. The number of hydrogen-bond acceptors (Lipinski definition) is 6. The highest BCUT2D eigenvalue weighted by atomic mass is 16.5. The molecule has 9 nitrogen and oxygen atoms in total. The highest BCUT2D eigenvalue weighted by Gasteiger charge is 2.21. The summed E-state index contributed by atoms with van der Waals surface area (Å²) >= 11 is 0. The highest BCUT2D eigenvalue weighted by Crippen LogP contribution is 2.30. The summed E-state index contributed by atoms with van der Waals surface area (Å²) in [7, 11) is 0. The van der Waals surface area contributed by atoms with E-state index in [1.165, 1.54) is 23.8 Å². The van der Waals surface area contributed by atoms with Gasteiger partial charge in [0.1, 0.15) is 5.82 Å². The lowest BCUT2D eigenvalue weighted by Gasteiger charge is -2.18. The molecule has 6 rings (SSSR count). The molecule has 0 aromatic carbocycles. The van der Waals surface area contributed by atoms with E-state index in [2.05, 4.69) is 20.2 Å². The number of nitrogens with one attached hydrogen (secondary N) is 1. The van der Waals surface area contributed by atoms with E-state index in [0.717, 1.165) is 38.1 Å². The lowest BCUT2D eigenvalue weighted by atomic mass is 9.89. The molecule has 2 aliphatic rings. The molecule has 0 bridgehead atoms. The van der Waals surface area contributed by atoms with E-state index in [1.807, 2.05) is 6.07 Å². The van der Waals surface area contributed by atoms with E-state index in [0.29, 0.717) is 40.2 Å². The molecule has 0 radical (unpaired) electrons. The molecule has 1 aliphatic carbocycles. The van der Waals surface area contributed by atoms with Crippen LogP contribution in [0.1, 0.15) is 56.7 Å². The first-order valence-corrected chi connectivity index (χ1v) is 11.8. The second kappa shape index (κ2) is 8.22. The molecule has 170 valence electrons. The van der Waals surface area contributed by atoms with Crippen LogP contribution < -0.4 is 11.1 Å². The van der Waals surface area contributed by atoms with Gasteiger partial charge in [0.2, 0.25) is 0 Å². The van der Waals surface area contributed by atoms with Gasteiger partial charge in [-0.05, 0) is 43.9 Å². The summed E-state index contributed by atoms with van der Waals surface area (Å²) in [6.45, 7) is 1.25. The molecule has 5 heterocycles. The van der Waals surface area contributed by atoms with E-state index in [-0.39, 0.29) is 17.2 Å². The largest absolute Gasteiger partial charge is 0.376 e. The van der Waals surface area contributed by atoms with Crippen molar-refractivity contribution in [2.75, 3.05) is 6.61 Å². The van der Waals surface area contributed by atoms with Crippen LogP contribution in [0.25, 0.3) is 27.8 Å². The molecule has 4 aromatic rings. The summed E-state index contributed by atoms with van der Waals surface area (Å²) in [5.41, 5.74) is 0.670. The van der Waals surface area contributed by atoms with Crippen molar-refractivity contribution in [1.29, 1.82) is 0 Å². The van der Waals surface area contributed by atoms with Gasteiger partial charge in [0.05, 0.1) is 34.5 Å². The average molecular weight is 447 g/mol. The van der Waals surface area contributed by atoms with Gasteiger partial charge in [-0.15, -0.1) is 5.10 Å². The smallest absolute Gasteiger partial charge is 0.267 e. The first-order chi connectivity index (χ1) is 16.2. The monoisotopic (exact) mass is 446 g/mol. The van der Waals surface area contributed by atoms with Crippen molar-refractivity contribution in [3.63, 3.8) is 0 Å². The molecular weight excluding hydrogens is 420 g/mol. The van der Waals surface area contributed by atoms with Crippen molar-refractivity contribution >= 4 is 21.8 Å². The fourth-order valence-electron chi connectivity index (χ4n) is 5.11. The topological polar surface area (TPSA) is 108 Å². The number of hydrogen-bond donors (Lipinski definition) is 1. The van der Waals surface area contributed by atoms with Crippen LogP contribution in [0.3, 0.4) is 0 Å². The van der Waals surface area contributed by atoms with E-state index in [4.69, 9.17) is 4.74 Å². The van der Waals surface area contributed by atoms with Gasteiger partial charge in [-0.3, -0.25) is 14.7 Å². The Labute approximate surface area is 189 Å². The van der Waals surface area contributed by atoms with Gasteiger partial charge in [-0.1, -0.05) is 19.3 Å². The van der Waals surface area contributed by atoms with Gasteiger partial charge in [0.15, 0.2) is 0 Å². The summed E-state index contributed by atoms with van der Waals surface area (Å²) in [6.07, 6.45) is 11.3. The maximum Gasteiger partial charge on any atom is 0.267 e. The minimum Gasteiger partial charge on any atom is -0.376 e. The van der Waals surface area contributed by atoms with Crippen LogP contribution in [0.2, 0.25) is 0 Å². The summed E-state index contributed by atoms with van der Waals surface area (Å²) < 4.78 is 8.75. The van der Waals surface area contributed by atoms with Crippen LogP contribution in [0, 0.1) is 0 Å². The zero-order valence-electron chi connectivity index (χ0n) is 18.4. The third-order valence-corrected chi connectivity index (χ3v) is 6.94. The second-order valence-corrected chi connectivity index (χ2v) is 9.11. The predicted octanol–water partition coefficient (Wildman–Crippen LogP) is 3.05. The third-order valence-electron chi connectivity index (χ3n) is 6.94. The number of H-pyrrole nitrogens is 1. The number of nitrogens with zero attached hydrogens (tertiary/aromatic N) is 5. The van der Waals surface area contributed by atoms with E-state index >= 15 is 0 Å². The Kier molecular flexibility index (Phi) is 5.05. The molecule has 33 heavy (non-hydrogen) atoms. The zero-order chi connectivity index (χ0) is 22.4. The first kappa shape index (κ1) is 20.3. The van der Waals surface area contributed by atoms with Crippen molar-refractivity contribution in [1.82, 2.24) is 29.3 Å². The van der Waals surface area contributed by atoms with Crippen molar-refractivity contribution in [3.05, 3.63) is 57.1 Å². The SMILES string of the molecule is O=c1c2cc3c(=O)n(-c4n[nH]c(C5CCCCC5)n4)ccc3nc2ccn1C[C@H]1CCCO1. The molecule has 1 N–H and O–H groups in total. The van der Waals surface area contributed by atoms with Crippen LogP contribution >= 0.6 is 0 Å². The Morgan fingerprint density at radius 3 is 2.52 bits per heavy atom. The molecule has 4 aromatic heterocycles. The van der Waals surface area contributed by atoms with Crippen LogP contribution in [-0.2, 0) is 11.3 Å². The summed E-state index contributed by atoms with van der Waals surface area (Å²) in [6, 6.07) is 5.24. The minimum absolute atomic E-state index is 0.0508. The van der Waals surface area contributed by atoms with Gasteiger partial charge in [-0.2, -0.15) is 4.98 Å². The molecule has 0 unspecified atom stereocenters. The standard InChI is InChI=1S/C24H26N6O3/c31-22-17-13-18-20(25-19(17)8-10-29(22)14-16-7-4-12-33-16)9-11-30(23(18)32)24-26-21(27-28-24)15-5-2-1-3-6-15/h8-11,13,15-16H,1-7,12,14H2,(H,26,27,28)/t16-/m1/s1. The van der Waals surface area contributed by atoms with E-state index < -0.39 is 0 Å². The van der Waals surface area contributed by atoms with Gasteiger partial charge in [-0.25, -0.2) is 9.55 Å². The van der Waals surface area contributed by atoms with Gasteiger partial charge < -0.3 is 9.30 Å². The number of pyridine rings is 3. The fourth-order valence-corrected chi connectivity index (χ4v) is 5.11. The molecule has 2 fully saturated rings. The summed E-state index contributed by atoms with van der Waals surface area (Å²) in [5.74, 6) is 1.53. The maximum atomic E-state index is 13.3. The van der Waals surface area contributed by atoms with E-state index in [1.54, 1.807) is 29.1 Å². The number of aromatic amines is 1. The normalized spacial score (nSPS) is 19.6. The molecule has 1 saturated heterocycles. The Hall–Kier alpha value is -3.33. The molecule has 0 spiro atoms. The van der Waals surface area contributed by atoms with Crippen LogP contribution in [0.4, 0.5) is 0 Å². The van der Waals surface area contributed by atoms with Crippen molar-refractivity contribution in [3.8, 4) is 5.95 Å². The first-order valence-electron chi connectivity index (χ1n) is 11.8. The fraction of sp³-hybridized carbons (Fsp3) is 0.458. The van der Waals surface area contributed by atoms with Crippen LogP contribution in [0.15, 0.2) is 40.2 Å². The van der Waals surface area contributed by atoms with Crippen molar-refractivity contribution in [2.45, 2.75) is 63.5 Å². The Morgan fingerprint density at radius 2 is 1.73 bits per heavy atom.